The van der Waals surface area contributed by atoms with Gasteiger partial charge in [-0.25, -0.2) is 4.98 Å². The number of carbonyl (C=O) groups excluding carboxylic acids is 3. The number of amides is 3. The molecule has 1 fully saturated rings. The number of hydrogen-bond acceptors (Lipinski definition) is 4. The summed E-state index contributed by atoms with van der Waals surface area (Å²) in [5.74, 6) is 0.377. The maximum absolute atomic E-state index is 12.9. The van der Waals surface area contributed by atoms with Gasteiger partial charge in [-0.05, 0) is 37.1 Å². The van der Waals surface area contributed by atoms with Crippen LogP contribution in [0.1, 0.15) is 41.4 Å². The van der Waals surface area contributed by atoms with Crippen LogP contribution in [-0.2, 0) is 9.59 Å². The molecule has 2 aliphatic heterocycles. The number of para-hydroxylation sites is 3. The predicted molar refractivity (Wildman–Crippen MR) is 116 cm³/mol. The van der Waals surface area contributed by atoms with Gasteiger partial charge in [-0.3, -0.25) is 14.4 Å². The Hall–Kier alpha value is -3.68. The fourth-order valence-corrected chi connectivity index (χ4v) is 4.33. The topological polar surface area (TPSA) is 107 Å². The van der Waals surface area contributed by atoms with Gasteiger partial charge in [0.15, 0.2) is 0 Å². The van der Waals surface area contributed by atoms with E-state index in [1.54, 1.807) is 29.2 Å². The van der Waals surface area contributed by atoms with Crippen molar-refractivity contribution in [2.24, 2.45) is 0 Å². The zero-order chi connectivity index (χ0) is 21.4. The van der Waals surface area contributed by atoms with E-state index in [4.69, 9.17) is 0 Å². The van der Waals surface area contributed by atoms with Crippen molar-refractivity contribution in [1.82, 2.24) is 20.2 Å². The van der Waals surface area contributed by atoms with E-state index in [0.717, 1.165) is 29.7 Å². The van der Waals surface area contributed by atoms with E-state index in [-0.39, 0.29) is 30.1 Å². The lowest BCUT2D eigenvalue weighted by molar-refractivity contribution is -0.134. The van der Waals surface area contributed by atoms with Crippen LogP contribution in [-0.4, -0.2) is 51.7 Å². The standard InChI is InChI=1S/C23H23N5O3/c29-20(13-19-23(31)26-16-6-2-1-5-15(16)22(30)27-19)28-11-9-14(10-12-28)21-24-17-7-3-4-8-18(17)25-21/h1-8,14,19H,9-13H2,(H,24,25)(H,26,31)(H,27,30)/t19-/m1/s1. The minimum atomic E-state index is -0.888. The molecule has 0 bridgehead atoms. The second-order valence-electron chi connectivity index (χ2n) is 8.06. The summed E-state index contributed by atoms with van der Waals surface area (Å²) in [6, 6.07) is 13.9. The Morgan fingerprint density at radius 2 is 1.77 bits per heavy atom. The van der Waals surface area contributed by atoms with Crippen LogP contribution in [0.15, 0.2) is 48.5 Å². The molecule has 0 unspecified atom stereocenters. The van der Waals surface area contributed by atoms with E-state index in [1.807, 2.05) is 24.3 Å². The number of nitrogens with zero attached hydrogens (tertiary/aromatic N) is 2. The van der Waals surface area contributed by atoms with Crippen LogP contribution in [0.2, 0.25) is 0 Å². The Balaban J connectivity index is 1.21. The van der Waals surface area contributed by atoms with Gasteiger partial charge in [0.2, 0.25) is 11.8 Å². The lowest BCUT2D eigenvalue weighted by Gasteiger charge is -2.32. The lowest BCUT2D eigenvalue weighted by Crippen LogP contribution is -2.46. The molecule has 2 aromatic carbocycles. The van der Waals surface area contributed by atoms with E-state index < -0.39 is 6.04 Å². The number of benzene rings is 2. The molecule has 0 saturated carbocycles. The molecule has 3 N–H and O–H groups in total. The molecule has 0 radical (unpaired) electrons. The number of hydrogen-bond donors (Lipinski definition) is 3. The number of anilines is 1. The molecule has 1 aromatic heterocycles. The number of nitrogens with one attached hydrogen (secondary N) is 3. The van der Waals surface area contributed by atoms with Crippen LogP contribution in [0.5, 0.6) is 0 Å². The van der Waals surface area contributed by atoms with Gasteiger partial charge in [0.05, 0.1) is 28.7 Å². The van der Waals surface area contributed by atoms with Crippen LogP contribution < -0.4 is 10.6 Å². The van der Waals surface area contributed by atoms with Gasteiger partial charge in [0, 0.05) is 19.0 Å². The van der Waals surface area contributed by atoms with Crippen molar-refractivity contribution in [3.63, 3.8) is 0 Å². The first-order valence-corrected chi connectivity index (χ1v) is 10.5. The SMILES string of the molecule is O=C1N[C@H](CC(=O)N2CCC(c3nc4ccccc4[nH]3)CC2)C(=O)Nc2ccccc21. The molecule has 31 heavy (non-hydrogen) atoms. The molecule has 1 saturated heterocycles. The number of likely N-dealkylation sites (tertiary alicyclic amines) is 1. The molecular formula is C23H23N5O3. The smallest absolute Gasteiger partial charge is 0.254 e. The van der Waals surface area contributed by atoms with Crippen LogP contribution in [0.4, 0.5) is 5.69 Å². The highest BCUT2D eigenvalue weighted by molar-refractivity contribution is 6.10. The maximum Gasteiger partial charge on any atom is 0.254 e. The van der Waals surface area contributed by atoms with Gasteiger partial charge in [-0.1, -0.05) is 24.3 Å². The molecule has 158 valence electrons. The first kappa shape index (κ1) is 19.3. The first-order chi connectivity index (χ1) is 15.1. The molecule has 0 spiro atoms. The number of rotatable bonds is 3. The second-order valence-corrected chi connectivity index (χ2v) is 8.06. The highest BCUT2D eigenvalue weighted by atomic mass is 16.2. The fourth-order valence-electron chi connectivity index (χ4n) is 4.33. The Morgan fingerprint density at radius 1 is 1.03 bits per heavy atom. The fraction of sp³-hybridized carbons (Fsp3) is 0.304. The minimum Gasteiger partial charge on any atom is -0.343 e. The number of piperidine rings is 1. The predicted octanol–water partition coefficient (Wildman–Crippen LogP) is 2.41. The average Bonchev–Trinajstić information content (AvgIpc) is 3.18. The Morgan fingerprint density at radius 3 is 2.58 bits per heavy atom. The summed E-state index contributed by atoms with van der Waals surface area (Å²) in [7, 11) is 0. The Labute approximate surface area is 179 Å². The van der Waals surface area contributed by atoms with E-state index in [0.29, 0.717) is 24.3 Å². The minimum absolute atomic E-state index is 0.0547. The second kappa shape index (κ2) is 7.86. The van der Waals surface area contributed by atoms with Gasteiger partial charge in [0.25, 0.3) is 5.91 Å². The Bertz CT molecular complexity index is 1130. The zero-order valence-electron chi connectivity index (χ0n) is 16.9. The molecule has 1 atom stereocenters. The quantitative estimate of drug-likeness (QED) is 0.608. The summed E-state index contributed by atoms with van der Waals surface area (Å²) in [5, 5.41) is 5.44. The molecule has 0 aliphatic carbocycles. The summed E-state index contributed by atoms with van der Waals surface area (Å²) in [6.45, 7) is 1.20. The number of aromatic amines is 1. The molecule has 8 nitrogen and oxygen atoms in total. The van der Waals surface area contributed by atoms with Crippen molar-refractivity contribution in [1.29, 1.82) is 0 Å². The van der Waals surface area contributed by atoms with E-state index in [2.05, 4.69) is 20.6 Å². The maximum atomic E-state index is 12.9. The summed E-state index contributed by atoms with van der Waals surface area (Å²) < 4.78 is 0. The summed E-state index contributed by atoms with van der Waals surface area (Å²) in [5.41, 5.74) is 2.84. The van der Waals surface area contributed by atoms with Crippen molar-refractivity contribution in [2.75, 3.05) is 18.4 Å². The number of carbonyl (C=O) groups is 3. The van der Waals surface area contributed by atoms with E-state index in [9.17, 15) is 14.4 Å². The van der Waals surface area contributed by atoms with Crippen molar-refractivity contribution >= 4 is 34.4 Å². The van der Waals surface area contributed by atoms with Crippen molar-refractivity contribution in [3.8, 4) is 0 Å². The number of imidazole rings is 1. The number of aromatic nitrogens is 2. The normalized spacial score (nSPS) is 19.5. The van der Waals surface area contributed by atoms with Crippen LogP contribution in [0.25, 0.3) is 11.0 Å². The van der Waals surface area contributed by atoms with E-state index in [1.165, 1.54) is 0 Å². The van der Waals surface area contributed by atoms with Gasteiger partial charge in [-0.15, -0.1) is 0 Å². The van der Waals surface area contributed by atoms with Crippen molar-refractivity contribution in [2.45, 2.75) is 31.2 Å². The first-order valence-electron chi connectivity index (χ1n) is 10.5. The summed E-state index contributed by atoms with van der Waals surface area (Å²) >= 11 is 0. The molecule has 3 amide bonds. The summed E-state index contributed by atoms with van der Waals surface area (Å²) in [6.07, 6.45) is 1.56. The molecule has 8 heteroatoms. The largest absolute Gasteiger partial charge is 0.343 e. The zero-order valence-corrected chi connectivity index (χ0v) is 16.9. The van der Waals surface area contributed by atoms with Gasteiger partial charge < -0.3 is 20.5 Å². The monoisotopic (exact) mass is 417 g/mol. The number of fused-ring (bicyclic) bond motifs is 2. The average molecular weight is 417 g/mol. The third kappa shape index (κ3) is 3.76. The van der Waals surface area contributed by atoms with Crippen LogP contribution in [0, 0.1) is 0 Å². The van der Waals surface area contributed by atoms with E-state index >= 15 is 0 Å². The van der Waals surface area contributed by atoms with Gasteiger partial charge in [-0.2, -0.15) is 0 Å². The van der Waals surface area contributed by atoms with Crippen LogP contribution in [0.3, 0.4) is 0 Å². The Kier molecular flexibility index (Phi) is 4.89. The van der Waals surface area contributed by atoms with Gasteiger partial charge >= 0.3 is 0 Å². The highest BCUT2D eigenvalue weighted by Crippen LogP contribution is 2.28. The summed E-state index contributed by atoms with van der Waals surface area (Å²) in [4.78, 5) is 47.7. The van der Waals surface area contributed by atoms with Crippen LogP contribution >= 0.6 is 0 Å². The van der Waals surface area contributed by atoms with Crippen molar-refractivity contribution < 1.29 is 14.4 Å². The molecule has 5 rings (SSSR count). The third-order valence-corrected chi connectivity index (χ3v) is 6.07. The molecule has 2 aliphatic rings. The van der Waals surface area contributed by atoms with Crippen molar-refractivity contribution in [3.05, 3.63) is 59.9 Å². The third-order valence-electron chi connectivity index (χ3n) is 6.07. The molecular weight excluding hydrogens is 394 g/mol. The molecule has 3 heterocycles. The number of H-pyrrole nitrogens is 1. The van der Waals surface area contributed by atoms with Gasteiger partial charge in [0.1, 0.15) is 11.9 Å². The molecule has 3 aromatic rings. The highest BCUT2D eigenvalue weighted by Gasteiger charge is 2.32. The lowest BCUT2D eigenvalue weighted by atomic mass is 9.95.